The third-order valence-corrected chi connectivity index (χ3v) is 2.38. The second-order valence-electron chi connectivity index (χ2n) is 2.50. The zero-order chi connectivity index (χ0) is 8.10. The van der Waals surface area contributed by atoms with Crippen molar-refractivity contribution in [2.75, 3.05) is 14.1 Å². The van der Waals surface area contributed by atoms with Gasteiger partial charge in [0, 0.05) is 14.1 Å². The lowest BCUT2D eigenvalue weighted by atomic mass is 10.4. The standard InChI is InChI=1S/C8H12N2Si/c1-10(2)9-11-8-6-4-3-5-7-8/h3-7,9H,1-2H3. The van der Waals surface area contributed by atoms with Crippen LogP contribution >= 0.6 is 0 Å². The molecule has 1 aromatic carbocycles. The van der Waals surface area contributed by atoms with Gasteiger partial charge in [-0.05, 0) is 5.19 Å². The first-order valence-corrected chi connectivity index (χ1v) is 4.53. The van der Waals surface area contributed by atoms with E-state index in [1.165, 1.54) is 5.19 Å². The van der Waals surface area contributed by atoms with Gasteiger partial charge in [0.25, 0.3) is 0 Å². The lowest BCUT2D eigenvalue weighted by Gasteiger charge is -2.09. The van der Waals surface area contributed by atoms with E-state index in [0.717, 1.165) is 0 Å². The number of hydrogen-bond acceptors (Lipinski definition) is 2. The Morgan fingerprint density at radius 2 is 1.82 bits per heavy atom. The lowest BCUT2D eigenvalue weighted by Crippen LogP contribution is -2.39. The Bertz CT molecular complexity index is 199. The first kappa shape index (κ1) is 8.45. The molecule has 1 rings (SSSR count). The average Bonchev–Trinajstić information content (AvgIpc) is 2.03. The van der Waals surface area contributed by atoms with Crippen LogP contribution in [0.25, 0.3) is 0 Å². The fourth-order valence-corrected chi connectivity index (χ4v) is 1.41. The number of benzene rings is 1. The Hall–Kier alpha value is -0.643. The first-order valence-electron chi connectivity index (χ1n) is 3.53. The highest BCUT2D eigenvalue weighted by Gasteiger charge is 1.92. The minimum absolute atomic E-state index is 0.661. The van der Waals surface area contributed by atoms with Gasteiger partial charge in [0.2, 0.25) is 0 Å². The van der Waals surface area contributed by atoms with Crippen LogP contribution in [0.1, 0.15) is 0 Å². The van der Waals surface area contributed by atoms with Crippen LogP contribution in [-0.2, 0) is 0 Å². The fourth-order valence-electron chi connectivity index (χ4n) is 0.698. The summed E-state index contributed by atoms with van der Waals surface area (Å²) in [5, 5.41) is 6.52. The van der Waals surface area contributed by atoms with Gasteiger partial charge >= 0.3 is 0 Å². The fraction of sp³-hybridized carbons (Fsp3) is 0.250. The maximum Gasteiger partial charge on any atom is 0.197 e. The van der Waals surface area contributed by atoms with Crippen molar-refractivity contribution in [2.24, 2.45) is 0 Å². The van der Waals surface area contributed by atoms with E-state index in [9.17, 15) is 0 Å². The molecule has 0 saturated carbocycles. The largest absolute Gasteiger partial charge is 0.274 e. The van der Waals surface area contributed by atoms with Crippen molar-refractivity contribution >= 4 is 14.9 Å². The van der Waals surface area contributed by atoms with Crippen molar-refractivity contribution in [1.29, 1.82) is 0 Å². The molecule has 0 aliphatic carbocycles. The number of nitrogens with one attached hydrogen (secondary N) is 1. The minimum atomic E-state index is 0.661. The molecule has 0 unspecified atom stereocenters. The third kappa shape index (κ3) is 3.32. The number of rotatable bonds is 3. The molecule has 1 N–H and O–H groups in total. The lowest BCUT2D eigenvalue weighted by molar-refractivity contribution is 0.375. The molecule has 0 saturated heterocycles. The molecular formula is C8H12N2Si. The van der Waals surface area contributed by atoms with E-state index >= 15 is 0 Å². The average molecular weight is 164 g/mol. The maximum atomic E-state index is 3.22. The Kier molecular flexibility index (Phi) is 3.29. The van der Waals surface area contributed by atoms with Crippen LogP contribution in [0.3, 0.4) is 0 Å². The summed E-state index contributed by atoms with van der Waals surface area (Å²) in [5.74, 6) is 0. The van der Waals surface area contributed by atoms with Crippen molar-refractivity contribution in [3.05, 3.63) is 30.3 Å². The quantitative estimate of drug-likeness (QED) is 0.499. The minimum Gasteiger partial charge on any atom is -0.274 e. The Morgan fingerprint density at radius 1 is 1.18 bits per heavy atom. The monoisotopic (exact) mass is 164 g/mol. The van der Waals surface area contributed by atoms with Gasteiger partial charge in [0.15, 0.2) is 9.68 Å². The third-order valence-electron chi connectivity index (χ3n) is 1.20. The molecule has 0 heterocycles. The first-order chi connectivity index (χ1) is 5.29. The molecule has 58 valence electrons. The van der Waals surface area contributed by atoms with Crippen molar-refractivity contribution in [1.82, 2.24) is 10.1 Å². The van der Waals surface area contributed by atoms with Crippen LogP contribution < -0.4 is 10.3 Å². The molecule has 0 aliphatic heterocycles. The van der Waals surface area contributed by atoms with Crippen molar-refractivity contribution in [2.45, 2.75) is 0 Å². The molecular weight excluding hydrogens is 152 g/mol. The van der Waals surface area contributed by atoms with Crippen LogP contribution in [0.2, 0.25) is 0 Å². The topological polar surface area (TPSA) is 15.3 Å². The van der Waals surface area contributed by atoms with E-state index < -0.39 is 0 Å². The molecule has 11 heavy (non-hydrogen) atoms. The van der Waals surface area contributed by atoms with Gasteiger partial charge < -0.3 is 0 Å². The van der Waals surface area contributed by atoms with E-state index in [4.69, 9.17) is 0 Å². The van der Waals surface area contributed by atoms with E-state index in [-0.39, 0.29) is 0 Å². The van der Waals surface area contributed by atoms with Crippen LogP contribution in [-0.4, -0.2) is 28.8 Å². The van der Waals surface area contributed by atoms with Crippen LogP contribution in [0.4, 0.5) is 0 Å². The predicted octanol–water partition coefficient (Wildman–Crippen LogP) is -0.00270. The highest BCUT2D eigenvalue weighted by atomic mass is 28.2. The molecule has 2 radical (unpaired) electrons. The van der Waals surface area contributed by atoms with E-state index in [0.29, 0.717) is 9.68 Å². The summed E-state index contributed by atoms with van der Waals surface area (Å²) >= 11 is 0. The molecule has 2 nitrogen and oxygen atoms in total. The Balaban J connectivity index is 2.39. The summed E-state index contributed by atoms with van der Waals surface area (Å²) in [6.45, 7) is 0. The second kappa shape index (κ2) is 4.28. The zero-order valence-corrected chi connectivity index (χ0v) is 7.83. The predicted molar refractivity (Wildman–Crippen MR) is 48.7 cm³/mol. The van der Waals surface area contributed by atoms with Gasteiger partial charge in [0.1, 0.15) is 0 Å². The SMILES string of the molecule is CN(C)N[Si]c1ccccc1. The number of hydrogen-bond donors (Lipinski definition) is 1. The molecule has 3 heteroatoms. The highest BCUT2D eigenvalue weighted by Crippen LogP contribution is 1.79. The van der Waals surface area contributed by atoms with Crippen molar-refractivity contribution in [3.63, 3.8) is 0 Å². The van der Waals surface area contributed by atoms with Crippen LogP contribution in [0.5, 0.6) is 0 Å². The van der Waals surface area contributed by atoms with E-state index in [1.54, 1.807) is 0 Å². The number of nitrogens with zero attached hydrogens (tertiary/aromatic N) is 1. The molecule has 0 aromatic heterocycles. The van der Waals surface area contributed by atoms with Gasteiger partial charge in [-0.25, -0.2) is 0 Å². The summed E-state index contributed by atoms with van der Waals surface area (Å²) in [5.41, 5.74) is 0. The summed E-state index contributed by atoms with van der Waals surface area (Å²) < 4.78 is 0. The van der Waals surface area contributed by atoms with Gasteiger partial charge in [-0.1, -0.05) is 30.3 Å². The second-order valence-corrected chi connectivity index (χ2v) is 3.55. The normalized spacial score (nSPS) is 10.5. The molecule has 0 atom stereocenters. The maximum absolute atomic E-state index is 3.22. The smallest absolute Gasteiger partial charge is 0.197 e. The van der Waals surface area contributed by atoms with Crippen LogP contribution in [0.15, 0.2) is 30.3 Å². The van der Waals surface area contributed by atoms with E-state index in [2.05, 4.69) is 29.4 Å². The van der Waals surface area contributed by atoms with Crippen molar-refractivity contribution in [3.8, 4) is 0 Å². The molecule has 0 spiro atoms. The summed E-state index contributed by atoms with van der Waals surface area (Å²) in [4.78, 5) is 0. The summed E-state index contributed by atoms with van der Waals surface area (Å²) in [7, 11) is 4.65. The Labute approximate surface area is 70.1 Å². The molecule has 1 aromatic rings. The van der Waals surface area contributed by atoms with Gasteiger partial charge in [-0.15, -0.1) is 0 Å². The zero-order valence-electron chi connectivity index (χ0n) is 6.83. The summed E-state index contributed by atoms with van der Waals surface area (Å²) in [6.07, 6.45) is 0. The highest BCUT2D eigenvalue weighted by molar-refractivity contribution is 6.50. The molecule has 0 fully saturated rings. The summed E-state index contributed by atoms with van der Waals surface area (Å²) in [6, 6.07) is 10.4. The number of hydrazine groups is 1. The van der Waals surface area contributed by atoms with Gasteiger partial charge in [-0.2, -0.15) is 0 Å². The van der Waals surface area contributed by atoms with E-state index in [1.807, 2.05) is 25.2 Å². The Morgan fingerprint density at radius 3 is 2.36 bits per heavy atom. The molecule has 0 aliphatic rings. The van der Waals surface area contributed by atoms with Gasteiger partial charge in [-0.3, -0.25) is 10.1 Å². The van der Waals surface area contributed by atoms with Gasteiger partial charge in [0.05, 0.1) is 0 Å². The van der Waals surface area contributed by atoms with Crippen LogP contribution in [0, 0.1) is 0 Å². The van der Waals surface area contributed by atoms with Crippen molar-refractivity contribution < 1.29 is 0 Å². The molecule has 0 amide bonds. The molecule has 0 bridgehead atoms.